The second-order valence-corrected chi connectivity index (χ2v) is 5.04. The average Bonchev–Trinajstić information content (AvgIpc) is 2.77. The fraction of sp³-hybridized carbons (Fsp3) is 0.385. The molecule has 0 aliphatic carbocycles. The summed E-state index contributed by atoms with van der Waals surface area (Å²) in [7, 11) is 0. The van der Waals surface area contributed by atoms with Gasteiger partial charge in [-0.15, -0.1) is 0 Å². The number of carbonyl (C=O) groups is 2. The summed E-state index contributed by atoms with van der Waals surface area (Å²) >= 11 is 5.84. The molecule has 1 amide bonds. The number of anilines is 1. The van der Waals surface area contributed by atoms with Crippen LogP contribution in [-0.4, -0.2) is 29.2 Å². The summed E-state index contributed by atoms with van der Waals surface area (Å²) in [6, 6.07) is 4.28. The lowest BCUT2D eigenvalue weighted by Gasteiger charge is -2.22. The molecule has 0 spiro atoms. The number of aromatic carboxylic acids is 1. The molecule has 102 valence electrons. The van der Waals surface area contributed by atoms with Crippen LogP contribution in [0.25, 0.3) is 0 Å². The van der Waals surface area contributed by atoms with Gasteiger partial charge in [0.1, 0.15) is 5.60 Å². The van der Waals surface area contributed by atoms with Crippen molar-refractivity contribution in [1.29, 1.82) is 0 Å². The lowest BCUT2D eigenvalue weighted by Crippen LogP contribution is -2.39. The number of ether oxygens (including phenoxy) is 1. The summed E-state index contributed by atoms with van der Waals surface area (Å²) in [5.41, 5.74) is -0.363. The number of carboxylic acid groups (broad SMARTS) is 1. The predicted octanol–water partition coefficient (Wildman–Crippen LogP) is 2.55. The minimum absolute atomic E-state index is 0.00277. The molecule has 1 unspecified atom stereocenters. The number of carboxylic acids is 1. The zero-order valence-electron chi connectivity index (χ0n) is 10.4. The molecule has 1 fully saturated rings. The summed E-state index contributed by atoms with van der Waals surface area (Å²) in [5.74, 6) is -1.35. The van der Waals surface area contributed by atoms with E-state index in [0.29, 0.717) is 18.7 Å². The highest BCUT2D eigenvalue weighted by molar-refractivity contribution is 6.33. The Labute approximate surface area is 115 Å². The number of carbonyl (C=O) groups excluding carboxylic acids is 1. The van der Waals surface area contributed by atoms with Crippen LogP contribution in [0, 0.1) is 0 Å². The van der Waals surface area contributed by atoms with E-state index >= 15 is 0 Å². The predicted molar refractivity (Wildman–Crippen MR) is 70.6 cm³/mol. The third-order valence-corrected chi connectivity index (χ3v) is 3.47. The van der Waals surface area contributed by atoms with Crippen LogP contribution >= 0.6 is 11.6 Å². The van der Waals surface area contributed by atoms with Gasteiger partial charge in [0.25, 0.3) is 5.91 Å². The van der Waals surface area contributed by atoms with Crippen molar-refractivity contribution in [2.45, 2.75) is 25.4 Å². The molecule has 1 aliphatic rings. The Balaban J connectivity index is 2.13. The van der Waals surface area contributed by atoms with Crippen LogP contribution in [0.3, 0.4) is 0 Å². The Morgan fingerprint density at radius 1 is 1.47 bits per heavy atom. The van der Waals surface area contributed by atoms with Crippen LogP contribution < -0.4 is 5.32 Å². The molecule has 5 nitrogen and oxygen atoms in total. The molecule has 0 bridgehead atoms. The molecule has 1 aromatic rings. The van der Waals surface area contributed by atoms with Crippen molar-refractivity contribution in [3.05, 3.63) is 28.8 Å². The summed E-state index contributed by atoms with van der Waals surface area (Å²) in [6.07, 6.45) is 1.52. The lowest BCUT2D eigenvalue weighted by molar-refractivity contribution is -0.133. The van der Waals surface area contributed by atoms with Gasteiger partial charge in [-0.05, 0) is 38.0 Å². The molecular weight excluding hydrogens is 270 g/mol. The van der Waals surface area contributed by atoms with Gasteiger partial charge in [0, 0.05) is 12.3 Å². The molecule has 1 atom stereocenters. The van der Waals surface area contributed by atoms with Crippen molar-refractivity contribution in [3.63, 3.8) is 0 Å². The van der Waals surface area contributed by atoms with E-state index in [4.69, 9.17) is 21.4 Å². The quantitative estimate of drug-likeness (QED) is 0.894. The van der Waals surface area contributed by atoms with Crippen LogP contribution in [0.5, 0.6) is 0 Å². The monoisotopic (exact) mass is 283 g/mol. The van der Waals surface area contributed by atoms with Crippen LogP contribution in [0.15, 0.2) is 18.2 Å². The van der Waals surface area contributed by atoms with E-state index in [0.717, 1.165) is 6.42 Å². The second kappa shape index (κ2) is 5.19. The van der Waals surface area contributed by atoms with Crippen LogP contribution in [0.4, 0.5) is 5.69 Å². The molecule has 19 heavy (non-hydrogen) atoms. The van der Waals surface area contributed by atoms with E-state index in [2.05, 4.69) is 5.32 Å². The molecule has 2 rings (SSSR count). The van der Waals surface area contributed by atoms with Gasteiger partial charge in [-0.25, -0.2) is 4.79 Å². The standard InChI is InChI=1S/C13H14ClNO4/c1-13(5-2-6-19-13)12(18)15-8-3-4-9(11(16)17)10(14)7-8/h3-4,7H,2,5-6H2,1H3,(H,15,18)(H,16,17). The zero-order valence-corrected chi connectivity index (χ0v) is 11.2. The number of hydrogen-bond donors (Lipinski definition) is 2. The van der Waals surface area contributed by atoms with Crippen LogP contribution in [0.1, 0.15) is 30.1 Å². The van der Waals surface area contributed by atoms with E-state index < -0.39 is 11.6 Å². The number of amides is 1. The first-order valence-electron chi connectivity index (χ1n) is 5.91. The molecular formula is C13H14ClNO4. The maximum Gasteiger partial charge on any atom is 0.337 e. The second-order valence-electron chi connectivity index (χ2n) is 4.64. The minimum Gasteiger partial charge on any atom is -0.478 e. The van der Waals surface area contributed by atoms with Crippen molar-refractivity contribution in [2.24, 2.45) is 0 Å². The number of benzene rings is 1. The van der Waals surface area contributed by atoms with Crippen molar-refractivity contribution >= 4 is 29.2 Å². The van der Waals surface area contributed by atoms with E-state index in [1.54, 1.807) is 6.92 Å². The summed E-state index contributed by atoms with van der Waals surface area (Å²) in [5, 5.41) is 11.6. The van der Waals surface area contributed by atoms with Gasteiger partial charge in [-0.2, -0.15) is 0 Å². The highest BCUT2D eigenvalue weighted by atomic mass is 35.5. The van der Waals surface area contributed by atoms with Gasteiger partial charge in [-0.3, -0.25) is 4.79 Å². The fourth-order valence-electron chi connectivity index (χ4n) is 1.99. The Kier molecular flexibility index (Phi) is 3.78. The van der Waals surface area contributed by atoms with Crippen LogP contribution in [-0.2, 0) is 9.53 Å². The Hall–Kier alpha value is -1.59. The molecule has 0 aromatic heterocycles. The number of halogens is 1. The van der Waals surface area contributed by atoms with Gasteiger partial charge in [0.05, 0.1) is 10.6 Å². The molecule has 1 heterocycles. The molecule has 0 radical (unpaired) electrons. The zero-order chi connectivity index (χ0) is 14.0. The SMILES string of the molecule is CC1(C(=O)Nc2ccc(C(=O)O)c(Cl)c2)CCCO1. The normalized spacial score (nSPS) is 22.2. The van der Waals surface area contributed by atoms with E-state index in [-0.39, 0.29) is 16.5 Å². The maximum atomic E-state index is 12.1. The third kappa shape index (κ3) is 2.88. The summed E-state index contributed by atoms with van der Waals surface area (Å²) in [4.78, 5) is 22.9. The van der Waals surface area contributed by atoms with Crippen molar-refractivity contribution in [2.75, 3.05) is 11.9 Å². The molecule has 0 saturated carbocycles. The number of nitrogens with one attached hydrogen (secondary N) is 1. The van der Waals surface area contributed by atoms with Crippen molar-refractivity contribution < 1.29 is 19.4 Å². The first-order valence-corrected chi connectivity index (χ1v) is 6.28. The molecule has 2 N–H and O–H groups in total. The average molecular weight is 284 g/mol. The van der Waals surface area contributed by atoms with Gasteiger partial charge in [-0.1, -0.05) is 11.6 Å². The number of rotatable bonds is 3. The van der Waals surface area contributed by atoms with E-state index in [1.165, 1.54) is 18.2 Å². The smallest absolute Gasteiger partial charge is 0.337 e. The Morgan fingerprint density at radius 3 is 2.74 bits per heavy atom. The topological polar surface area (TPSA) is 75.6 Å². The largest absolute Gasteiger partial charge is 0.478 e. The van der Waals surface area contributed by atoms with Crippen molar-refractivity contribution in [1.82, 2.24) is 0 Å². The fourth-order valence-corrected chi connectivity index (χ4v) is 2.25. The van der Waals surface area contributed by atoms with Gasteiger partial charge >= 0.3 is 5.97 Å². The third-order valence-electron chi connectivity index (χ3n) is 3.16. The summed E-state index contributed by atoms with van der Waals surface area (Å²) in [6.45, 7) is 2.31. The first-order chi connectivity index (χ1) is 8.92. The van der Waals surface area contributed by atoms with E-state index in [1.807, 2.05) is 0 Å². The van der Waals surface area contributed by atoms with Crippen LogP contribution in [0.2, 0.25) is 5.02 Å². The van der Waals surface area contributed by atoms with Gasteiger partial charge in [0.2, 0.25) is 0 Å². The first kappa shape index (κ1) is 13.8. The molecule has 1 aromatic carbocycles. The molecule has 1 aliphatic heterocycles. The van der Waals surface area contributed by atoms with Crippen molar-refractivity contribution in [3.8, 4) is 0 Å². The molecule has 6 heteroatoms. The lowest BCUT2D eigenvalue weighted by atomic mass is 10.0. The highest BCUT2D eigenvalue weighted by Gasteiger charge is 2.37. The van der Waals surface area contributed by atoms with Gasteiger partial charge < -0.3 is 15.2 Å². The summed E-state index contributed by atoms with van der Waals surface area (Å²) < 4.78 is 5.43. The Morgan fingerprint density at radius 2 is 2.21 bits per heavy atom. The molecule has 1 saturated heterocycles. The highest BCUT2D eigenvalue weighted by Crippen LogP contribution is 2.27. The maximum absolute atomic E-state index is 12.1. The van der Waals surface area contributed by atoms with Gasteiger partial charge in [0.15, 0.2) is 0 Å². The Bertz CT molecular complexity index is 523. The number of hydrogen-bond acceptors (Lipinski definition) is 3. The van der Waals surface area contributed by atoms with E-state index in [9.17, 15) is 9.59 Å². The minimum atomic E-state index is -1.10.